The first-order valence-corrected chi connectivity index (χ1v) is 9.81. The Bertz CT molecular complexity index is 998. The first-order valence-electron chi connectivity index (χ1n) is 9.81. The fourth-order valence-electron chi connectivity index (χ4n) is 3.91. The van der Waals surface area contributed by atoms with E-state index in [1.807, 2.05) is 31.2 Å². The molecule has 2 heterocycles. The molecule has 0 aliphatic carbocycles. The highest BCUT2D eigenvalue weighted by Gasteiger charge is 2.41. The van der Waals surface area contributed by atoms with Crippen molar-refractivity contribution in [2.75, 3.05) is 17.7 Å². The van der Waals surface area contributed by atoms with Crippen LogP contribution in [0, 0.1) is 5.92 Å². The number of carbonyl (C=O) groups is 1. The monoisotopic (exact) mass is 391 g/mol. The molecule has 4 rings (SSSR count). The topological polar surface area (TPSA) is 81.1 Å². The molecule has 1 aliphatic heterocycles. The molecule has 0 saturated heterocycles. The molecular weight excluding hydrogens is 366 g/mol. The molecule has 0 saturated carbocycles. The Balaban J connectivity index is 1.71. The number of para-hydroxylation sites is 2. The molecule has 3 aromatic rings. The van der Waals surface area contributed by atoms with Crippen LogP contribution in [-0.4, -0.2) is 33.8 Å². The molecule has 150 valence electrons. The van der Waals surface area contributed by atoms with Gasteiger partial charge in [0.1, 0.15) is 12.1 Å². The molecule has 29 heavy (non-hydrogen) atoms. The van der Waals surface area contributed by atoms with Crippen LogP contribution in [0.25, 0.3) is 0 Å². The summed E-state index contributed by atoms with van der Waals surface area (Å²) in [5.74, 6) is 0.813. The second-order valence-corrected chi connectivity index (χ2v) is 7.22. The molecule has 0 spiro atoms. The smallest absolute Gasteiger partial charge is 0.232 e. The van der Waals surface area contributed by atoms with E-state index in [0.29, 0.717) is 17.4 Å². The minimum atomic E-state index is -0.387. The molecule has 1 aromatic heterocycles. The van der Waals surface area contributed by atoms with Gasteiger partial charge in [-0.25, -0.2) is 4.68 Å². The number of nitrogens with one attached hydrogen (secondary N) is 2. The van der Waals surface area contributed by atoms with Crippen molar-refractivity contribution in [3.63, 3.8) is 0 Å². The zero-order valence-corrected chi connectivity index (χ0v) is 16.8. The number of hydrogen-bond acceptors (Lipinski definition) is 5. The van der Waals surface area contributed by atoms with E-state index in [1.54, 1.807) is 11.8 Å². The lowest BCUT2D eigenvalue weighted by Crippen LogP contribution is -2.46. The number of carbonyl (C=O) groups excluding carboxylic acids is 1. The van der Waals surface area contributed by atoms with Crippen molar-refractivity contribution in [1.82, 2.24) is 14.8 Å². The number of aryl methyl sites for hydroxylation is 1. The molecular formula is C22H25N5O2. The summed E-state index contributed by atoms with van der Waals surface area (Å²) in [6.07, 6.45) is 2.48. The van der Waals surface area contributed by atoms with Crippen LogP contribution in [0.1, 0.15) is 31.0 Å². The van der Waals surface area contributed by atoms with Gasteiger partial charge in [-0.1, -0.05) is 43.3 Å². The first kappa shape index (κ1) is 19.0. The Morgan fingerprint density at radius 2 is 1.97 bits per heavy atom. The predicted octanol–water partition coefficient (Wildman–Crippen LogP) is 3.51. The van der Waals surface area contributed by atoms with Crippen molar-refractivity contribution in [2.45, 2.75) is 32.4 Å². The summed E-state index contributed by atoms with van der Waals surface area (Å²) in [5.41, 5.74) is 2.93. The van der Waals surface area contributed by atoms with Gasteiger partial charge in [0.15, 0.2) is 0 Å². The summed E-state index contributed by atoms with van der Waals surface area (Å²) in [4.78, 5) is 17.7. The average Bonchev–Trinajstić information content (AvgIpc) is 3.21. The van der Waals surface area contributed by atoms with Crippen molar-refractivity contribution >= 4 is 17.5 Å². The van der Waals surface area contributed by atoms with Crippen molar-refractivity contribution in [3.05, 3.63) is 66.0 Å². The molecule has 0 bridgehead atoms. The van der Waals surface area contributed by atoms with Gasteiger partial charge in [0.25, 0.3) is 0 Å². The maximum absolute atomic E-state index is 13.4. The maximum Gasteiger partial charge on any atom is 0.232 e. The van der Waals surface area contributed by atoms with Gasteiger partial charge in [0, 0.05) is 6.04 Å². The standard InChI is InChI=1S/C22H25N5O2/c1-4-15-9-11-16(12-10-15)20-19(14(2)25-22-23-13-24-27(20)22)21(28)26-17-7-5-6-8-18(17)29-3/h5-14,19-20H,4H2,1-3H3,(H,26,28)(H,23,24,25)/t14-,19-,20-/m1/s1. The molecule has 0 unspecified atom stereocenters. The summed E-state index contributed by atoms with van der Waals surface area (Å²) in [6.45, 7) is 4.12. The van der Waals surface area contributed by atoms with Crippen molar-refractivity contribution < 1.29 is 9.53 Å². The fourth-order valence-corrected chi connectivity index (χ4v) is 3.91. The number of nitrogens with zero attached hydrogens (tertiary/aromatic N) is 3. The Morgan fingerprint density at radius 3 is 2.69 bits per heavy atom. The van der Waals surface area contributed by atoms with Gasteiger partial charge in [-0.05, 0) is 36.6 Å². The summed E-state index contributed by atoms with van der Waals surface area (Å²) < 4.78 is 7.18. The summed E-state index contributed by atoms with van der Waals surface area (Å²) in [5, 5.41) is 10.7. The normalized spacial score (nSPS) is 20.4. The van der Waals surface area contributed by atoms with E-state index in [2.05, 4.69) is 51.9 Å². The average molecular weight is 391 g/mol. The molecule has 7 heteroatoms. The molecule has 1 aliphatic rings. The maximum atomic E-state index is 13.4. The van der Waals surface area contributed by atoms with Gasteiger partial charge >= 0.3 is 0 Å². The SMILES string of the molecule is CCc1ccc([C@@H]2[C@H](C(=O)Nc3ccccc3OC)[C@@H](C)Nc3ncnn32)cc1. The Morgan fingerprint density at radius 1 is 1.21 bits per heavy atom. The van der Waals surface area contributed by atoms with Crippen LogP contribution in [0.15, 0.2) is 54.9 Å². The van der Waals surface area contributed by atoms with Gasteiger partial charge in [-0.3, -0.25) is 4.79 Å². The lowest BCUT2D eigenvalue weighted by molar-refractivity contribution is -0.121. The van der Waals surface area contributed by atoms with E-state index in [1.165, 1.54) is 11.9 Å². The van der Waals surface area contributed by atoms with Crippen LogP contribution in [-0.2, 0) is 11.2 Å². The number of hydrogen-bond donors (Lipinski definition) is 2. The second kappa shape index (κ2) is 7.95. The summed E-state index contributed by atoms with van der Waals surface area (Å²) >= 11 is 0. The van der Waals surface area contributed by atoms with E-state index in [4.69, 9.17) is 4.74 Å². The summed E-state index contributed by atoms with van der Waals surface area (Å²) in [6, 6.07) is 15.4. The van der Waals surface area contributed by atoms with E-state index < -0.39 is 0 Å². The zero-order chi connectivity index (χ0) is 20.4. The second-order valence-electron chi connectivity index (χ2n) is 7.22. The molecule has 0 radical (unpaired) electrons. The van der Waals surface area contributed by atoms with Crippen LogP contribution < -0.4 is 15.4 Å². The lowest BCUT2D eigenvalue weighted by Gasteiger charge is -2.37. The van der Waals surface area contributed by atoms with Gasteiger partial charge in [0.05, 0.1) is 24.8 Å². The molecule has 1 amide bonds. The van der Waals surface area contributed by atoms with Crippen molar-refractivity contribution in [3.8, 4) is 5.75 Å². The third-order valence-corrected chi connectivity index (χ3v) is 5.47. The molecule has 3 atom stereocenters. The molecule has 0 fully saturated rings. The third-order valence-electron chi connectivity index (χ3n) is 5.47. The van der Waals surface area contributed by atoms with Gasteiger partial charge in [-0.2, -0.15) is 10.1 Å². The third kappa shape index (κ3) is 3.55. The number of fused-ring (bicyclic) bond motifs is 1. The van der Waals surface area contributed by atoms with Crippen LogP contribution in [0.4, 0.5) is 11.6 Å². The van der Waals surface area contributed by atoms with Crippen molar-refractivity contribution in [1.29, 1.82) is 0 Å². The Hall–Kier alpha value is -3.35. The minimum Gasteiger partial charge on any atom is -0.495 e. The van der Waals surface area contributed by atoms with Crippen LogP contribution in [0.5, 0.6) is 5.75 Å². The van der Waals surface area contributed by atoms with E-state index in [-0.39, 0.29) is 23.9 Å². The number of benzene rings is 2. The summed E-state index contributed by atoms with van der Waals surface area (Å²) in [7, 11) is 1.59. The van der Waals surface area contributed by atoms with Crippen molar-refractivity contribution in [2.24, 2.45) is 5.92 Å². The molecule has 2 aromatic carbocycles. The van der Waals surface area contributed by atoms with E-state index in [9.17, 15) is 4.79 Å². The quantitative estimate of drug-likeness (QED) is 0.696. The van der Waals surface area contributed by atoms with Crippen LogP contribution in [0.2, 0.25) is 0 Å². The highest BCUT2D eigenvalue weighted by atomic mass is 16.5. The van der Waals surface area contributed by atoms with Gasteiger partial charge < -0.3 is 15.4 Å². The van der Waals surface area contributed by atoms with Gasteiger partial charge in [-0.15, -0.1) is 0 Å². The van der Waals surface area contributed by atoms with Crippen LogP contribution in [0.3, 0.4) is 0 Å². The zero-order valence-electron chi connectivity index (χ0n) is 16.8. The minimum absolute atomic E-state index is 0.0970. The number of rotatable bonds is 5. The highest BCUT2D eigenvalue weighted by molar-refractivity contribution is 5.95. The number of amides is 1. The Labute approximate surface area is 170 Å². The predicted molar refractivity (Wildman–Crippen MR) is 112 cm³/mol. The highest BCUT2D eigenvalue weighted by Crippen LogP contribution is 2.37. The number of methoxy groups -OCH3 is 1. The number of anilines is 2. The van der Waals surface area contributed by atoms with Gasteiger partial charge in [0.2, 0.25) is 11.9 Å². The van der Waals surface area contributed by atoms with E-state index >= 15 is 0 Å². The van der Waals surface area contributed by atoms with E-state index in [0.717, 1.165) is 12.0 Å². The Kier molecular flexibility index (Phi) is 5.20. The number of ether oxygens (including phenoxy) is 1. The lowest BCUT2D eigenvalue weighted by atomic mass is 9.85. The van der Waals surface area contributed by atoms with Crippen LogP contribution >= 0.6 is 0 Å². The first-order chi connectivity index (χ1) is 14.1. The fraction of sp³-hybridized carbons (Fsp3) is 0.318. The largest absolute Gasteiger partial charge is 0.495 e. The molecule has 7 nitrogen and oxygen atoms in total. The number of aromatic nitrogens is 3. The molecule has 2 N–H and O–H groups in total.